The first kappa shape index (κ1) is 30.8. The number of amides is 2. The van der Waals surface area contributed by atoms with E-state index in [0.29, 0.717) is 5.69 Å². The number of aryl methyl sites for hydroxylation is 1. The number of carbonyl (C=O) groups excluding carboxylic acids is 2. The van der Waals surface area contributed by atoms with Gasteiger partial charge in [0, 0.05) is 21.5 Å². The summed E-state index contributed by atoms with van der Waals surface area (Å²) in [5, 5.41) is 2.93. The number of hydrogen-bond acceptors (Lipinski definition) is 4. The summed E-state index contributed by atoms with van der Waals surface area (Å²) in [6, 6.07) is 19.8. The molecule has 39 heavy (non-hydrogen) atoms. The molecule has 208 valence electrons. The van der Waals surface area contributed by atoms with E-state index in [1.54, 1.807) is 43.3 Å². The smallest absolute Gasteiger partial charge is 0.264 e. The lowest BCUT2D eigenvalue weighted by atomic mass is 10.1. The molecule has 0 aromatic heterocycles. The Morgan fingerprint density at radius 3 is 1.95 bits per heavy atom. The lowest BCUT2D eigenvalue weighted by molar-refractivity contribution is -0.139. The molecular weight excluding hydrogens is 646 g/mol. The van der Waals surface area contributed by atoms with Crippen molar-refractivity contribution in [1.82, 2.24) is 10.2 Å². The number of carbonyl (C=O) groups is 2. The Bertz CT molecular complexity index is 1380. The van der Waals surface area contributed by atoms with E-state index in [4.69, 9.17) is 0 Å². The van der Waals surface area contributed by atoms with Gasteiger partial charge in [-0.3, -0.25) is 13.9 Å². The van der Waals surface area contributed by atoms with E-state index in [2.05, 4.69) is 37.2 Å². The van der Waals surface area contributed by atoms with E-state index in [-0.39, 0.29) is 23.4 Å². The summed E-state index contributed by atoms with van der Waals surface area (Å²) in [5.74, 6) is -0.797. The molecule has 3 rings (SSSR count). The zero-order valence-corrected chi connectivity index (χ0v) is 26.4. The fourth-order valence-corrected chi connectivity index (χ4v) is 5.75. The third-order valence-electron chi connectivity index (χ3n) is 6.44. The SMILES string of the molecule is CC[C@@H](C)NC(=O)[C@H](C)N(Cc1ccc(Br)cc1)C(=O)CN(c1ccc(Br)cc1)S(=O)(=O)c1ccc(C)cc1. The Labute approximate surface area is 247 Å². The van der Waals surface area contributed by atoms with E-state index in [1.807, 2.05) is 45.0 Å². The van der Waals surface area contributed by atoms with Gasteiger partial charge in [0.25, 0.3) is 10.0 Å². The molecule has 0 aliphatic rings. The maximum Gasteiger partial charge on any atom is 0.264 e. The highest BCUT2D eigenvalue weighted by atomic mass is 79.9. The molecule has 2 atom stereocenters. The number of halogens is 2. The molecule has 0 saturated heterocycles. The molecule has 0 unspecified atom stereocenters. The van der Waals surface area contributed by atoms with Crippen molar-refractivity contribution in [1.29, 1.82) is 0 Å². The number of sulfonamides is 1. The molecule has 10 heteroatoms. The van der Waals surface area contributed by atoms with Crippen LogP contribution in [0.3, 0.4) is 0 Å². The van der Waals surface area contributed by atoms with E-state index in [9.17, 15) is 18.0 Å². The Morgan fingerprint density at radius 1 is 0.872 bits per heavy atom. The Balaban J connectivity index is 2.01. The van der Waals surface area contributed by atoms with Gasteiger partial charge in [-0.1, -0.05) is 68.6 Å². The fraction of sp³-hybridized carbons (Fsp3) is 0.310. The normalized spacial score (nSPS) is 12.9. The van der Waals surface area contributed by atoms with Crippen LogP contribution in [0.2, 0.25) is 0 Å². The predicted octanol–water partition coefficient (Wildman–Crippen LogP) is 6.05. The average Bonchev–Trinajstić information content (AvgIpc) is 2.91. The minimum Gasteiger partial charge on any atom is -0.352 e. The second-order valence-electron chi connectivity index (χ2n) is 9.44. The molecule has 2 amide bonds. The highest BCUT2D eigenvalue weighted by molar-refractivity contribution is 9.10. The van der Waals surface area contributed by atoms with Gasteiger partial charge >= 0.3 is 0 Å². The van der Waals surface area contributed by atoms with Crippen LogP contribution < -0.4 is 9.62 Å². The number of rotatable bonds is 11. The van der Waals surface area contributed by atoms with E-state index >= 15 is 0 Å². The Hall–Kier alpha value is -2.69. The Morgan fingerprint density at radius 2 is 1.41 bits per heavy atom. The van der Waals surface area contributed by atoms with Crippen LogP contribution >= 0.6 is 31.9 Å². The van der Waals surface area contributed by atoms with Crippen LogP contribution in [0.5, 0.6) is 0 Å². The van der Waals surface area contributed by atoms with Gasteiger partial charge in [0.15, 0.2) is 0 Å². The third-order valence-corrected chi connectivity index (χ3v) is 9.28. The molecular formula is C29H33Br2N3O4S. The molecule has 7 nitrogen and oxygen atoms in total. The van der Waals surface area contributed by atoms with E-state index < -0.39 is 28.5 Å². The predicted molar refractivity (Wildman–Crippen MR) is 162 cm³/mol. The minimum absolute atomic E-state index is 0.0641. The zero-order valence-electron chi connectivity index (χ0n) is 22.4. The summed E-state index contributed by atoms with van der Waals surface area (Å²) in [5.41, 5.74) is 2.07. The molecule has 0 aliphatic carbocycles. The standard InChI is InChI=1S/C29H33Br2N3O4S/c1-5-21(3)32-29(36)22(4)33(18-23-8-10-24(30)11-9-23)28(35)19-34(26-14-12-25(31)13-15-26)39(37,38)27-16-6-20(2)7-17-27/h6-17,21-22H,5,18-19H2,1-4H3,(H,32,36)/t21-,22+/m1/s1. The van der Waals surface area contributed by atoms with Crippen molar-refractivity contribution in [2.24, 2.45) is 0 Å². The number of hydrogen-bond donors (Lipinski definition) is 1. The van der Waals surface area contributed by atoms with E-state index in [0.717, 1.165) is 30.8 Å². The topological polar surface area (TPSA) is 86.8 Å². The van der Waals surface area contributed by atoms with Crippen LogP contribution in [0.15, 0.2) is 86.6 Å². The molecule has 3 aromatic carbocycles. The molecule has 0 aliphatic heterocycles. The molecule has 3 aromatic rings. The molecule has 1 N–H and O–H groups in total. The number of nitrogens with zero attached hydrogens (tertiary/aromatic N) is 2. The molecule has 0 fully saturated rings. The third kappa shape index (κ3) is 8.16. The Kier molecular flexibility index (Phi) is 10.7. The van der Waals surface area contributed by atoms with Crippen LogP contribution in [0, 0.1) is 6.92 Å². The van der Waals surface area contributed by atoms with Gasteiger partial charge in [-0.05, 0) is 81.3 Å². The van der Waals surface area contributed by atoms with E-state index in [1.165, 1.54) is 17.0 Å². The number of benzene rings is 3. The van der Waals surface area contributed by atoms with Gasteiger partial charge in [0.2, 0.25) is 11.8 Å². The summed E-state index contributed by atoms with van der Waals surface area (Å²) in [7, 11) is -4.10. The quantitative estimate of drug-likeness (QED) is 0.268. The first-order chi connectivity index (χ1) is 18.4. The molecule has 0 saturated carbocycles. The minimum atomic E-state index is -4.10. The van der Waals surface area contributed by atoms with Crippen molar-refractivity contribution >= 4 is 59.4 Å². The van der Waals surface area contributed by atoms with Crippen LogP contribution in [0.25, 0.3) is 0 Å². The molecule has 0 spiro atoms. The van der Waals surface area contributed by atoms with Crippen molar-refractivity contribution < 1.29 is 18.0 Å². The van der Waals surface area contributed by atoms with Crippen molar-refractivity contribution in [3.05, 3.63) is 92.9 Å². The molecule has 0 bridgehead atoms. The van der Waals surface area contributed by atoms with Crippen LogP contribution in [0.4, 0.5) is 5.69 Å². The average molecular weight is 679 g/mol. The monoisotopic (exact) mass is 677 g/mol. The largest absolute Gasteiger partial charge is 0.352 e. The van der Waals surface area contributed by atoms with Gasteiger partial charge in [-0.2, -0.15) is 0 Å². The summed E-state index contributed by atoms with van der Waals surface area (Å²) in [4.78, 5) is 28.5. The lowest BCUT2D eigenvalue weighted by Crippen LogP contribution is -2.52. The van der Waals surface area contributed by atoms with Gasteiger partial charge in [0.1, 0.15) is 12.6 Å². The van der Waals surface area contributed by atoms with Crippen molar-refractivity contribution in [2.45, 2.75) is 57.6 Å². The summed E-state index contributed by atoms with van der Waals surface area (Å²) in [6.45, 7) is 7.06. The highest BCUT2D eigenvalue weighted by Gasteiger charge is 2.32. The maximum absolute atomic E-state index is 13.9. The summed E-state index contributed by atoms with van der Waals surface area (Å²) < 4.78 is 30.4. The fourth-order valence-electron chi connectivity index (χ4n) is 3.81. The second kappa shape index (κ2) is 13.6. The molecule has 0 radical (unpaired) electrons. The van der Waals surface area contributed by atoms with Crippen molar-refractivity contribution in [2.75, 3.05) is 10.8 Å². The zero-order chi connectivity index (χ0) is 28.7. The first-order valence-corrected chi connectivity index (χ1v) is 15.6. The van der Waals surface area contributed by atoms with Gasteiger partial charge in [-0.15, -0.1) is 0 Å². The van der Waals surface area contributed by atoms with Crippen molar-refractivity contribution in [3.8, 4) is 0 Å². The van der Waals surface area contributed by atoms with Crippen LogP contribution in [-0.2, 0) is 26.2 Å². The van der Waals surface area contributed by atoms with Crippen molar-refractivity contribution in [3.63, 3.8) is 0 Å². The van der Waals surface area contributed by atoms with Gasteiger partial charge in [0.05, 0.1) is 10.6 Å². The number of nitrogens with one attached hydrogen (secondary N) is 1. The second-order valence-corrected chi connectivity index (χ2v) is 13.1. The highest BCUT2D eigenvalue weighted by Crippen LogP contribution is 2.26. The summed E-state index contributed by atoms with van der Waals surface area (Å²) in [6.07, 6.45) is 0.741. The number of anilines is 1. The molecule has 0 heterocycles. The van der Waals surface area contributed by atoms with Gasteiger partial charge < -0.3 is 10.2 Å². The first-order valence-electron chi connectivity index (χ1n) is 12.6. The maximum atomic E-state index is 13.9. The lowest BCUT2D eigenvalue weighted by Gasteiger charge is -2.32. The summed E-state index contributed by atoms with van der Waals surface area (Å²) >= 11 is 6.80. The van der Waals surface area contributed by atoms with Crippen LogP contribution in [-0.4, -0.2) is 43.8 Å². The van der Waals surface area contributed by atoms with Gasteiger partial charge in [-0.25, -0.2) is 8.42 Å². The van der Waals surface area contributed by atoms with Crippen LogP contribution in [0.1, 0.15) is 38.3 Å².